The first kappa shape index (κ1) is 14.3. The molecule has 1 rings (SSSR count). The second kappa shape index (κ2) is 6.26. The molecule has 6 nitrogen and oxygen atoms in total. The maximum atomic E-state index is 9.67. The van der Waals surface area contributed by atoms with Gasteiger partial charge in [0.15, 0.2) is 22.7 Å². The summed E-state index contributed by atoms with van der Waals surface area (Å²) in [6.07, 6.45) is 0. The molecule has 0 fully saturated rings. The average Bonchev–Trinajstić information content (AvgIpc) is 2.49. The number of hydrogen-bond acceptors (Lipinski definition) is 6. The standard InChI is InChI=1S/C14H6N4O2/c15-5-11(6-16)13(19)9-1-2-10(4-3-9)14(20)12(7-17)8-18/h1-4,19-20H. The fraction of sp³-hybridized carbons (Fsp3) is 0. The van der Waals surface area contributed by atoms with Crippen LogP contribution in [-0.4, -0.2) is 10.2 Å². The second-order valence-corrected chi connectivity index (χ2v) is 3.47. The minimum Gasteiger partial charge on any atom is -0.505 e. The quantitative estimate of drug-likeness (QED) is 0.619. The summed E-state index contributed by atoms with van der Waals surface area (Å²) in [6, 6.07) is 11.6. The van der Waals surface area contributed by atoms with Crippen LogP contribution in [-0.2, 0) is 0 Å². The zero-order chi connectivity index (χ0) is 15.1. The van der Waals surface area contributed by atoms with Crippen LogP contribution in [0.25, 0.3) is 11.5 Å². The average molecular weight is 262 g/mol. The molecule has 0 amide bonds. The van der Waals surface area contributed by atoms with Crippen LogP contribution in [0, 0.1) is 45.3 Å². The molecule has 0 unspecified atom stereocenters. The lowest BCUT2D eigenvalue weighted by Gasteiger charge is -2.03. The zero-order valence-electron chi connectivity index (χ0n) is 9.99. The van der Waals surface area contributed by atoms with Gasteiger partial charge in [-0.25, -0.2) is 0 Å². The van der Waals surface area contributed by atoms with Crippen LogP contribution >= 0.6 is 0 Å². The van der Waals surface area contributed by atoms with E-state index in [1.807, 2.05) is 0 Å². The van der Waals surface area contributed by atoms with Gasteiger partial charge in [-0.3, -0.25) is 0 Å². The molecule has 0 aliphatic rings. The number of hydrogen-bond donors (Lipinski definition) is 2. The predicted molar refractivity (Wildman–Crippen MR) is 68.0 cm³/mol. The van der Waals surface area contributed by atoms with E-state index in [2.05, 4.69) is 0 Å². The fourth-order valence-corrected chi connectivity index (χ4v) is 1.34. The monoisotopic (exact) mass is 262 g/mol. The molecule has 0 bridgehead atoms. The third-order valence-electron chi connectivity index (χ3n) is 2.35. The fourth-order valence-electron chi connectivity index (χ4n) is 1.34. The van der Waals surface area contributed by atoms with Gasteiger partial charge in [-0.15, -0.1) is 0 Å². The third kappa shape index (κ3) is 2.74. The van der Waals surface area contributed by atoms with Crippen molar-refractivity contribution in [2.45, 2.75) is 0 Å². The summed E-state index contributed by atoms with van der Waals surface area (Å²) in [5, 5.41) is 53.8. The topological polar surface area (TPSA) is 136 Å². The molecule has 0 radical (unpaired) electrons. The highest BCUT2D eigenvalue weighted by atomic mass is 16.3. The van der Waals surface area contributed by atoms with E-state index < -0.39 is 22.7 Å². The Morgan fingerprint density at radius 1 is 0.650 bits per heavy atom. The molecular weight excluding hydrogens is 256 g/mol. The van der Waals surface area contributed by atoms with Gasteiger partial charge in [0.25, 0.3) is 0 Å². The number of rotatable bonds is 2. The molecule has 0 aliphatic heterocycles. The maximum Gasteiger partial charge on any atom is 0.171 e. The number of nitrogens with zero attached hydrogens (tertiary/aromatic N) is 4. The van der Waals surface area contributed by atoms with Crippen LogP contribution in [0.2, 0.25) is 0 Å². The van der Waals surface area contributed by atoms with E-state index in [1.54, 1.807) is 24.3 Å². The first-order valence-electron chi connectivity index (χ1n) is 5.16. The van der Waals surface area contributed by atoms with E-state index in [-0.39, 0.29) is 11.1 Å². The minimum absolute atomic E-state index is 0.204. The van der Waals surface area contributed by atoms with E-state index in [1.165, 1.54) is 24.3 Å². The Bertz CT molecular complexity index is 661. The Morgan fingerprint density at radius 3 is 1.10 bits per heavy atom. The summed E-state index contributed by atoms with van der Waals surface area (Å²) in [5.74, 6) is -0.961. The molecule has 0 saturated heterocycles. The van der Waals surface area contributed by atoms with Crippen LogP contribution in [0.15, 0.2) is 35.4 Å². The highest BCUT2D eigenvalue weighted by molar-refractivity contribution is 5.73. The molecule has 94 valence electrons. The van der Waals surface area contributed by atoms with Crippen molar-refractivity contribution in [1.29, 1.82) is 21.0 Å². The van der Waals surface area contributed by atoms with Crippen molar-refractivity contribution in [3.05, 3.63) is 46.5 Å². The van der Waals surface area contributed by atoms with E-state index >= 15 is 0 Å². The summed E-state index contributed by atoms with van der Waals surface area (Å²) in [6.45, 7) is 0. The summed E-state index contributed by atoms with van der Waals surface area (Å²) in [5.41, 5.74) is -0.468. The summed E-state index contributed by atoms with van der Waals surface area (Å²) in [7, 11) is 0. The van der Waals surface area contributed by atoms with Gasteiger partial charge in [0, 0.05) is 11.1 Å². The lowest BCUT2D eigenvalue weighted by Crippen LogP contribution is -1.91. The normalized spacial score (nSPS) is 8.20. The smallest absolute Gasteiger partial charge is 0.171 e. The SMILES string of the molecule is N#CC(C#N)=C(O)c1ccc(C(O)=C(C#N)C#N)cc1. The highest BCUT2D eigenvalue weighted by Crippen LogP contribution is 2.20. The van der Waals surface area contributed by atoms with Gasteiger partial charge >= 0.3 is 0 Å². The van der Waals surface area contributed by atoms with Gasteiger partial charge in [0.2, 0.25) is 0 Å². The number of allylic oxidation sites excluding steroid dienone is 2. The van der Waals surface area contributed by atoms with Crippen LogP contribution in [0.5, 0.6) is 0 Å². The van der Waals surface area contributed by atoms with Gasteiger partial charge in [-0.05, 0) is 0 Å². The second-order valence-electron chi connectivity index (χ2n) is 3.47. The van der Waals surface area contributed by atoms with Gasteiger partial charge in [0.05, 0.1) is 0 Å². The first-order valence-corrected chi connectivity index (χ1v) is 5.16. The Kier molecular flexibility index (Phi) is 4.48. The molecule has 0 aliphatic carbocycles. The largest absolute Gasteiger partial charge is 0.505 e. The number of aliphatic hydroxyl groups excluding tert-OH is 2. The van der Waals surface area contributed by atoms with Crippen molar-refractivity contribution in [1.82, 2.24) is 0 Å². The van der Waals surface area contributed by atoms with E-state index in [4.69, 9.17) is 21.0 Å². The van der Waals surface area contributed by atoms with Crippen molar-refractivity contribution in [3.8, 4) is 24.3 Å². The Balaban J connectivity index is 3.30. The van der Waals surface area contributed by atoms with E-state index in [0.717, 1.165) is 0 Å². The zero-order valence-corrected chi connectivity index (χ0v) is 9.99. The number of benzene rings is 1. The molecule has 6 heteroatoms. The van der Waals surface area contributed by atoms with Crippen molar-refractivity contribution in [3.63, 3.8) is 0 Å². The Hall–Kier alpha value is -3.74. The molecule has 0 spiro atoms. The molecule has 0 aromatic heterocycles. The van der Waals surface area contributed by atoms with Crippen molar-refractivity contribution in [2.75, 3.05) is 0 Å². The third-order valence-corrected chi connectivity index (χ3v) is 2.35. The van der Waals surface area contributed by atoms with Crippen LogP contribution in [0.3, 0.4) is 0 Å². The number of aliphatic hydroxyl groups is 2. The summed E-state index contributed by atoms with van der Waals surface area (Å²) < 4.78 is 0. The van der Waals surface area contributed by atoms with Gasteiger partial charge in [-0.1, -0.05) is 24.3 Å². The van der Waals surface area contributed by atoms with Crippen LogP contribution in [0.4, 0.5) is 0 Å². The van der Waals surface area contributed by atoms with Crippen molar-refractivity contribution >= 4 is 11.5 Å². The molecule has 0 atom stereocenters. The summed E-state index contributed by atoms with van der Waals surface area (Å²) in [4.78, 5) is 0. The van der Waals surface area contributed by atoms with Crippen molar-refractivity contribution in [2.24, 2.45) is 0 Å². The first-order chi connectivity index (χ1) is 9.58. The molecule has 0 heterocycles. The Labute approximate surface area is 114 Å². The Morgan fingerprint density at radius 2 is 0.900 bits per heavy atom. The molecule has 0 saturated carbocycles. The molecule has 20 heavy (non-hydrogen) atoms. The lowest BCUT2D eigenvalue weighted by atomic mass is 10.0. The highest BCUT2D eigenvalue weighted by Gasteiger charge is 2.10. The van der Waals surface area contributed by atoms with Gasteiger partial charge < -0.3 is 10.2 Å². The lowest BCUT2D eigenvalue weighted by molar-refractivity contribution is 0.507. The van der Waals surface area contributed by atoms with Crippen LogP contribution in [0.1, 0.15) is 11.1 Å². The van der Waals surface area contributed by atoms with Gasteiger partial charge in [0.1, 0.15) is 24.3 Å². The molecular formula is C14H6N4O2. The van der Waals surface area contributed by atoms with E-state index in [0.29, 0.717) is 0 Å². The van der Waals surface area contributed by atoms with Gasteiger partial charge in [-0.2, -0.15) is 21.0 Å². The molecule has 2 N–H and O–H groups in total. The maximum absolute atomic E-state index is 9.67. The minimum atomic E-state index is -0.481. The predicted octanol–water partition coefficient (Wildman–Crippen LogP) is 2.32. The number of nitriles is 4. The summed E-state index contributed by atoms with van der Waals surface area (Å²) >= 11 is 0. The van der Waals surface area contributed by atoms with Crippen LogP contribution < -0.4 is 0 Å². The molecule has 1 aromatic rings. The van der Waals surface area contributed by atoms with E-state index in [9.17, 15) is 10.2 Å². The molecule has 1 aromatic carbocycles. The van der Waals surface area contributed by atoms with Crippen molar-refractivity contribution < 1.29 is 10.2 Å².